The van der Waals surface area contributed by atoms with E-state index in [-0.39, 0.29) is 24.4 Å². The van der Waals surface area contributed by atoms with Crippen LogP contribution < -0.4 is 17.0 Å². The molecule has 0 aromatic carbocycles. The van der Waals surface area contributed by atoms with E-state index in [1.54, 1.807) is 0 Å². The van der Waals surface area contributed by atoms with Crippen molar-refractivity contribution in [2.24, 2.45) is 0 Å². The van der Waals surface area contributed by atoms with E-state index in [2.05, 4.69) is 27.9 Å². The van der Waals surface area contributed by atoms with Crippen molar-refractivity contribution in [3.8, 4) is 0 Å². The largest absolute Gasteiger partial charge is 1.00 e. The van der Waals surface area contributed by atoms with Crippen molar-refractivity contribution < 1.29 is 21.5 Å². The monoisotopic (exact) mass is 477 g/mol. The van der Waals surface area contributed by atoms with E-state index < -0.39 is 0 Å². The average Bonchev–Trinajstić information content (AvgIpc) is 2.64. The van der Waals surface area contributed by atoms with Crippen LogP contribution in [0.4, 0.5) is 0 Å². The molecule has 29 heavy (non-hydrogen) atoms. The molecule has 2 heteroatoms. The van der Waals surface area contributed by atoms with Crippen LogP contribution in [0.5, 0.6) is 0 Å². The summed E-state index contributed by atoms with van der Waals surface area (Å²) in [5.41, 5.74) is 0. The zero-order valence-electron chi connectivity index (χ0n) is 20.4. The van der Waals surface area contributed by atoms with Crippen LogP contribution in [-0.2, 0) is 0 Å². The van der Waals surface area contributed by atoms with Gasteiger partial charge in [-0.05, 0) is 25.7 Å². The minimum Gasteiger partial charge on any atom is -1.00 e. The number of unbranched alkanes of at least 4 members (excludes halogenated alkanes) is 18. The van der Waals surface area contributed by atoms with Gasteiger partial charge < -0.3 is 21.5 Å². The molecule has 0 radical (unpaired) electrons. The first-order valence-electron chi connectivity index (χ1n) is 12.9. The molecule has 0 bridgehead atoms. The number of rotatable bonds is 22. The van der Waals surface area contributed by atoms with Crippen molar-refractivity contribution in [1.29, 1.82) is 0 Å². The smallest absolute Gasteiger partial charge is 0.0782 e. The summed E-state index contributed by atoms with van der Waals surface area (Å²) in [7, 11) is 4.89. The quantitative estimate of drug-likeness (QED) is 0.122. The Morgan fingerprint density at radius 3 is 0.828 bits per heavy atom. The van der Waals surface area contributed by atoms with Crippen LogP contribution in [0.25, 0.3) is 0 Å². The predicted molar refractivity (Wildman–Crippen MR) is 132 cm³/mol. The summed E-state index contributed by atoms with van der Waals surface area (Å²) < 4.78 is 1.24. The fraction of sp³-hybridized carbons (Fsp3) is 1.00. The van der Waals surface area contributed by atoms with Gasteiger partial charge in [0.15, 0.2) is 0 Å². The molecule has 0 heterocycles. The van der Waals surface area contributed by atoms with Crippen LogP contribution in [-0.4, -0.2) is 31.7 Å². The zero-order valence-corrected chi connectivity index (χ0v) is 22.0. The van der Waals surface area contributed by atoms with Crippen molar-refractivity contribution in [2.45, 2.75) is 150 Å². The maximum absolute atomic E-state index is 2.45. The molecule has 0 aliphatic rings. The van der Waals surface area contributed by atoms with Crippen LogP contribution in [0.2, 0.25) is 0 Å². The molecule has 0 N–H and O–H groups in total. The zero-order chi connectivity index (χ0) is 20.1. The Bertz CT molecular complexity index is 252. The van der Waals surface area contributed by atoms with Crippen LogP contribution in [0, 0.1) is 0 Å². The highest BCUT2D eigenvalue weighted by molar-refractivity contribution is 4.50. The second kappa shape index (κ2) is 26.5. The highest BCUT2D eigenvalue weighted by atomic mass is 79.9. The molecule has 1 nitrogen and oxygen atoms in total. The predicted octanol–water partition coefficient (Wildman–Crippen LogP) is 6.54. The lowest BCUT2D eigenvalue weighted by Crippen LogP contribution is -3.00. The molecule has 0 spiro atoms. The molecule has 0 saturated carbocycles. The summed E-state index contributed by atoms with van der Waals surface area (Å²) in [5.74, 6) is 0. The summed E-state index contributed by atoms with van der Waals surface area (Å²) >= 11 is 0. The molecular formula is C27H60BrN. The summed E-state index contributed by atoms with van der Waals surface area (Å²) in [5, 5.41) is 0. The lowest BCUT2D eigenvalue weighted by molar-refractivity contribution is -0.890. The first kappa shape index (κ1) is 34.1. The molecule has 0 rings (SSSR count). The lowest BCUT2D eigenvalue weighted by atomic mass is 10.1. The van der Waals surface area contributed by atoms with Crippen molar-refractivity contribution in [3.05, 3.63) is 0 Å². The van der Waals surface area contributed by atoms with Crippen molar-refractivity contribution >= 4 is 0 Å². The normalized spacial score (nSPS) is 11.2. The molecule has 0 aromatic rings. The molecule has 0 aliphatic carbocycles. The Morgan fingerprint density at radius 2 is 0.586 bits per heavy atom. The summed E-state index contributed by atoms with van der Waals surface area (Å²) in [4.78, 5) is 0. The SMILES string of the molecule is C.CCCCCCCCCCCC[N+](C)(C)CCCCCCCCCCCC.[Br-]. The van der Waals surface area contributed by atoms with Gasteiger partial charge in [0.25, 0.3) is 0 Å². The lowest BCUT2D eigenvalue weighted by Gasteiger charge is -2.30. The van der Waals surface area contributed by atoms with Gasteiger partial charge in [-0.25, -0.2) is 0 Å². The van der Waals surface area contributed by atoms with Gasteiger partial charge in [0, 0.05) is 0 Å². The maximum Gasteiger partial charge on any atom is 0.0782 e. The maximum atomic E-state index is 2.45. The molecule has 0 fully saturated rings. The molecular weight excluding hydrogens is 418 g/mol. The van der Waals surface area contributed by atoms with Gasteiger partial charge in [-0.15, -0.1) is 0 Å². The summed E-state index contributed by atoms with van der Waals surface area (Å²) in [6.45, 7) is 7.37. The van der Waals surface area contributed by atoms with Gasteiger partial charge in [0.05, 0.1) is 27.2 Å². The number of hydrogen-bond acceptors (Lipinski definition) is 0. The van der Waals surface area contributed by atoms with Gasteiger partial charge in [-0.2, -0.15) is 0 Å². The van der Waals surface area contributed by atoms with Gasteiger partial charge in [-0.1, -0.05) is 124 Å². The molecule has 180 valence electrons. The Morgan fingerprint density at radius 1 is 0.379 bits per heavy atom. The van der Waals surface area contributed by atoms with Gasteiger partial charge in [0.2, 0.25) is 0 Å². The molecule has 0 unspecified atom stereocenters. The Balaban J connectivity index is -0.00000338. The minimum atomic E-state index is 0. The standard InChI is InChI=1S/C26H56N.CH4.BrH/c1-5-7-9-11-13-15-17-19-21-23-25-27(3,4)26-24-22-20-18-16-14-12-10-8-6-2;;/h5-26H2,1-4H3;1H4;1H/q+1;;/p-1. The van der Waals surface area contributed by atoms with Gasteiger partial charge in [-0.3, -0.25) is 0 Å². The summed E-state index contributed by atoms with van der Waals surface area (Å²) in [6.07, 6.45) is 29.0. The second-order valence-corrected chi connectivity index (χ2v) is 9.75. The van der Waals surface area contributed by atoms with Crippen molar-refractivity contribution in [1.82, 2.24) is 0 Å². The molecule has 0 saturated heterocycles. The first-order valence-corrected chi connectivity index (χ1v) is 12.9. The van der Waals surface area contributed by atoms with E-state index in [0.29, 0.717) is 0 Å². The molecule has 0 atom stereocenters. The second-order valence-electron chi connectivity index (χ2n) is 9.75. The molecule has 0 aliphatic heterocycles. The number of halogens is 1. The van der Waals surface area contributed by atoms with Crippen LogP contribution in [0.15, 0.2) is 0 Å². The first-order chi connectivity index (χ1) is 13.1. The van der Waals surface area contributed by atoms with E-state index in [0.717, 1.165) is 0 Å². The fourth-order valence-corrected chi connectivity index (χ4v) is 4.17. The van der Waals surface area contributed by atoms with E-state index in [1.165, 1.54) is 146 Å². The van der Waals surface area contributed by atoms with Crippen molar-refractivity contribution in [2.75, 3.05) is 27.2 Å². The van der Waals surface area contributed by atoms with E-state index >= 15 is 0 Å². The van der Waals surface area contributed by atoms with Gasteiger partial charge in [0.1, 0.15) is 0 Å². The van der Waals surface area contributed by atoms with Gasteiger partial charge >= 0.3 is 0 Å². The topological polar surface area (TPSA) is 0 Å². The third kappa shape index (κ3) is 28.4. The highest BCUT2D eigenvalue weighted by Gasteiger charge is 2.13. The molecule has 0 aromatic heterocycles. The Kier molecular flexibility index (Phi) is 31.1. The highest BCUT2D eigenvalue weighted by Crippen LogP contribution is 2.14. The number of quaternary nitrogens is 1. The number of nitrogens with zero attached hydrogens (tertiary/aromatic N) is 1. The van der Waals surface area contributed by atoms with E-state index in [9.17, 15) is 0 Å². The van der Waals surface area contributed by atoms with Crippen LogP contribution >= 0.6 is 0 Å². The van der Waals surface area contributed by atoms with E-state index in [4.69, 9.17) is 0 Å². The Labute approximate surface area is 198 Å². The average molecular weight is 479 g/mol. The fourth-order valence-electron chi connectivity index (χ4n) is 4.17. The van der Waals surface area contributed by atoms with Crippen LogP contribution in [0.1, 0.15) is 150 Å². The summed E-state index contributed by atoms with van der Waals surface area (Å²) in [6, 6.07) is 0. The molecule has 0 amide bonds. The Hall–Kier alpha value is 0.440. The van der Waals surface area contributed by atoms with E-state index in [1.807, 2.05) is 0 Å². The third-order valence-corrected chi connectivity index (χ3v) is 6.23. The minimum absolute atomic E-state index is 0. The van der Waals surface area contributed by atoms with Crippen LogP contribution in [0.3, 0.4) is 0 Å². The number of hydrogen-bond donors (Lipinski definition) is 0. The van der Waals surface area contributed by atoms with Crippen molar-refractivity contribution in [3.63, 3.8) is 0 Å². The third-order valence-electron chi connectivity index (χ3n) is 6.23.